The molecule has 1 aromatic heterocycles. The second-order valence-electron chi connectivity index (χ2n) is 6.12. The number of aromatic amines is 1. The van der Waals surface area contributed by atoms with E-state index in [2.05, 4.69) is 41.1 Å². The highest BCUT2D eigenvalue weighted by Crippen LogP contribution is 2.13. The Balaban J connectivity index is 1.61. The van der Waals surface area contributed by atoms with E-state index in [4.69, 9.17) is 11.6 Å². The van der Waals surface area contributed by atoms with Crippen molar-refractivity contribution >= 4 is 17.5 Å². The van der Waals surface area contributed by atoms with E-state index in [0.717, 1.165) is 19.6 Å². The average molecular weight is 346 g/mol. The molecule has 0 unspecified atom stereocenters. The molecule has 0 bridgehead atoms. The molecule has 1 N–H and O–H groups in total. The lowest BCUT2D eigenvalue weighted by Gasteiger charge is -2.34. The van der Waals surface area contributed by atoms with Crippen LogP contribution in [0.5, 0.6) is 0 Å². The number of piperazine rings is 1. The largest absolute Gasteiger partial charge is 0.336 e. The Labute approximate surface area is 145 Å². The highest BCUT2D eigenvalue weighted by molar-refractivity contribution is 6.30. The standard InChI is InChI=1S/C18H20ClN3O2/c1-13-3-2-4-14(9-13)12-21-5-7-22(8-6-21)18(24)16-10-15(19)11-20-17(16)23/h2-4,9-11H,5-8,12H2,1H3,(H,20,23). The third kappa shape index (κ3) is 3.86. The number of rotatable bonds is 3. The van der Waals surface area contributed by atoms with E-state index in [1.807, 2.05) is 0 Å². The van der Waals surface area contributed by atoms with Crippen molar-refractivity contribution in [3.8, 4) is 0 Å². The first kappa shape index (κ1) is 16.7. The number of carbonyl (C=O) groups excluding carboxylic acids is 1. The fourth-order valence-electron chi connectivity index (χ4n) is 2.96. The lowest BCUT2D eigenvalue weighted by Crippen LogP contribution is -2.49. The number of carbonyl (C=O) groups is 1. The number of halogens is 1. The molecule has 1 amide bonds. The lowest BCUT2D eigenvalue weighted by molar-refractivity contribution is 0.0626. The predicted molar refractivity (Wildman–Crippen MR) is 94.4 cm³/mol. The summed E-state index contributed by atoms with van der Waals surface area (Å²) in [6, 6.07) is 9.89. The minimum absolute atomic E-state index is 0.106. The van der Waals surface area contributed by atoms with E-state index in [1.165, 1.54) is 23.4 Å². The van der Waals surface area contributed by atoms with Gasteiger partial charge in [0.2, 0.25) is 0 Å². The van der Waals surface area contributed by atoms with Crippen molar-refractivity contribution < 1.29 is 4.79 Å². The minimum Gasteiger partial charge on any atom is -0.336 e. The van der Waals surface area contributed by atoms with Crippen molar-refractivity contribution in [2.45, 2.75) is 13.5 Å². The van der Waals surface area contributed by atoms with Crippen LogP contribution in [0.25, 0.3) is 0 Å². The fraction of sp³-hybridized carbons (Fsp3) is 0.333. The van der Waals surface area contributed by atoms with Gasteiger partial charge in [-0.25, -0.2) is 0 Å². The summed E-state index contributed by atoms with van der Waals surface area (Å²) in [6.07, 6.45) is 1.39. The van der Waals surface area contributed by atoms with Crippen LogP contribution in [0.3, 0.4) is 0 Å². The van der Waals surface area contributed by atoms with Crippen molar-refractivity contribution in [1.29, 1.82) is 0 Å². The van der Waals surface area contributed by atoms with E-state index < -0.39 is 5.56 Å². The fourth-order valence-corrected chi connectivity index (χ4v) is 3.13. The Hall–Kier alpha value is -2.11. The molecule has 2 aromatic rings. The first-order valence-electron chi connectivity index (χ1n) is 7.98. The maximum absolute atomic E-state index is 12.5. The number of aromatic nitrogens is 1. The molecule has 0 radical (unpaired) electrons. The molecule has 1 fully saturated rings. The van der Waals surface area contributed by atoms with Gasteiger partial charge in [-0.1, -0.05) is 41.4 Å². The van der Waals surface area contributed by atoms with Crippen LogP contribution in [0, 0.1) is 6.92 Å². The van der Waals surface area contributed by atoms with Crippen LogP contribution in [-0.2, 0) is 6.54 Å². The van der Waals surface area contributed by atoms with E-state index in [0.29, 0.717) is 18.1 Å². The number of hydrogen-bond acceptors (Lipinski definition) is 3. The van der Waals surface area contributed by atoms with Gasteiger partial charge >= 0.3 is 0 Å². The second kappa shape index (κ2) is 7.20. The highest BCUT2D eigenvalue weighted by Gasteiger charge is 2.24. The maximum Gasteiger partial charge on any atom is 0.260 e. The Bertz CT molecular complexity index is 795. The Morgan fingerprint density at radius 3 is 2.67 bits per heavy atom. The third-order valence-electron chi connectivity index (χ3n) is 4.25. The highest BCUT2D eigenvalue weighted by atomic mass is 35.5. The number of benzene rings is 1. The van der Waals surface area contributed by atoms with Crippen molar-refractivity contribution in [1.82, 2.24) is 14.8 Å². The summed E-state index contributed by atoms with van der Waals surface area (Å²) in [5, 5.41) is 0.357. The second-order valence-corrected chi connectivity index (χ2v) is 6.55. The van der Waals surface area contributed by atoms with Gasteiger partial charge in [0, 0.05) is 38.9 Å². The van der Waals surface area contributed by atoms with Gasteiger partial charge < -0.3 is 9.88 Å². The number of amides is 1. The van der Waals surface area contributed by atoms with Gasteiger partial charge in [-0.05, 0) is 18.6 Å². The molecule has 0 spiro atoms. The molecule has 1 aliphatic heterocycles. The van der Waals surface area contributed by atoms with Crippen molar-refractivity contribution in [2.75, 3.05) is 26.2 Å². The van der Waals surface area contributed by atoms with Gasteiger partial charge in [0.05, 0.1) is 5.02 Å². The molecule has 1 saturated heterocycles. The van der Waals surface area contributed by atoms with E-state index in [-0.39, 0.29) is 11.5 Å². The normalized spacial score (nSPS) is 15.5. The SMILES string of the molecule is Cc1cccc(CN2CCN(C(=O)c3cc(Cl)c[nH]c3=O)CC2)c1. The summed E-state index contributed by atoms with van der Waals surface area (Å²) in [4.78, 5) is 30.9. The molecular weight excluding hydrogens is 326 g/mol. The van der Waals surface area contributed by atoms with Gasteiger partial charge in [-0.3, -0.25) is 14.5 Å². The van der Waals surface area contributed by atoms with Gasteiger partial charge in [-0.15, -0.1) is 0 Å². The predicted octanol–water partition coefficient (Wildman–Crippen LogP) is 2.29. The van der Waals surface area contributed by atoms with Crippen LogP contribution in [-0.4, -0.2) is 46.9 Å². The van der Waals surface area contributed by atoms with Gasteiger partial charge in [0.25, 0.3) is 11.5 Å². The quantitative estimate of drug-likeness (QED) is 0.928. The van der Waals surface area contributed by atoms with Crippen LogP contribution in [0.4, 0.5) is 0 Å². The maximum atomic E-state index is 12.5. The summed E-state index contributed by atoms with van der Waals surface area (Å²) in [6.45, 7) is 5.76. The van der Waals surface area contributed by atoms with Crippen molar-refractivity contribution in [3.63, 3.8) is 0 Å². The molecule has 5 nitrogen and oxygen atoms in total. The molecule has 0 saturated carbocycles. The lowest BCUT2D eigenvalue weighted by atomic mass is 10.1. The summed E-state index contributed by atoms with van der Waals surface area (Å²) >= 11 is 5.88. The molecule has 3 rings (SSSR count). The van der Waals surface area contributed by atoms with Gasteiger partial charge in [0.1, 0.15) is 5.56 Å². The van der Waals surface area contributed by atoms with Crippen molar-refractivity contribution in [2.24, 2.45) is 0 Å². The molecule has 0 atom stereocenters. The topological polar surface area (TPSA) is 56.4 Å². The molecule has 2 heterocycles. The summed E-state index contributed by atoms with van der Waals surface area (Å²) in [5.41, 5.74) is 2.24. The molecular formula is C18H20ClN3O2. The van der Waals surface area contributed by atoms with E-state index >= 15 is 0 Å². The van der Waals surface area contributed by atoms with Crippen LogP contribution >= 0.6 is 11.6 Å². The van der Waals surface area contributed by atoms with Crippen molar-refractivity contribution in [3.05, 3.63) is 68.6 Å². The number of pyridine rings is 1. The zero-order valence-electron chi connectivity index (χ0n) is 13.6. The van der Waals surface area contributed by atoms with Gasteiger partial charge in [0.15, 0.2) is 0 Å². The third-order valence-corrected chi connectivity index (χ3v) is 4.46. The Morgan fingerprint density at radius 2 is 1.96 bits per heavy atom. The van der Waals surface area contributed by atoms with E-state index in [1.54, 1.807) is 4.90 Å². The number of nitrogens with one attached hydrogen (secondary N) is 1. The smallest absolute Gasteiger partial charge is 0.260 e. The summed E-state index contributed by atoms with van der Waals surface area (Å²) in [5.74, 6) is -0.256. The number of aryl methyl sites for hydroxylation is 1. The van der Waals surface area contributed by atoms with Crippen LogP contribution < -0.4 is 5.56 Å². The minimum atomic E-state index is -0.397. The summed E-state index contributed by atoms with van der Waals surface area (Å²) < 4.78 is 0. The molecule has 24 heavy (non-hydrogen) atoms. The summed E-state index contributed by atoms with van der Waals surface area (Å²) in [7, 11) is 0. The van der Waals surface area contributed by atoms with Crippen LogP contribution in [0.15, 0.2) is 41.3 Å². The number of nitrogens with zero attached hydrogens (tertiary/aromatic N) is 2. The van der Waals surface area contributed by atoms with Gasteiger partial charge in [-0.2, -0.15) is 0 Å². The molecule has 6 heteroatoms. The average Bonchev–Trinajstić information content (AvgIpc) is 2.57. The molecule has 0 aliphatic carbocycles. The zero-order valence-corrected chi connectivity index (χ0v) is 14.3. The molecule has 1 aromatic carbocycles. The molecule has 1 aliphatic rings. The van der Waals surface area contributed by atoms with Crippen LogP contribution in [0.2, 0.25) is 5.02 Å². The monoisotopic (exact) mass is 345 g/mol. The number of H-pyrrole nitrogens is 1. The number of hydrogen-bond donors (Lipinski definition) is 1. The first-order chi connectivity index (χ1) is 11.5. The zero-order chi connectivity index (χ0) is 17.1. The van der Waals surface area contributed by atoms with Crippen LogP contribution in [0.1, 0.15) is 21.5 Å². The first-order valence-corrected chi connectivity index (χ1v) is 8.36. The van der Waals surface area contributed by atoms with E-state index in [9.17, 15) is 9.59 Å². The Morgan fingerprint density at radius 1 is 1.21 bits per heavy atom. The molecule has 126 valence electrons. The Kier molecular flexibility index (Phi) is 5.02.